The van der Waals surface area contributed by atoms with Crippen molar-refractivity contribution in [1.29, 1.82) is 0 Å². The van der Waals surface area contributed by atoms with Gasteiger partial charge in [0.2, 0.25) is 0 Å². The Morgan fingerprint density at radius 3 is 2.38 bits per heavy atom. The number of carbonyl (C=O) groups is 2. The summed E-state index contributed by atoms with van der Waals surface area (Å²) in [5, 5.41) is 13.9. The average Bonchev–Trinajstić information content (AvgIpc) is 3.34. The first-order chi connectivity index (χ1) is 16.2. The number of benzene rings is 2. The largest absolute Gasteiger partial charge is 0.465 e. The van der Waals surface area contributed by atoms with Crippen LogP contribution in [0.25, 0.3) is 6.08 Å². The number of amides is 2. The molecular weight excluding hydrogens is 496 g/mol. The molecule has 0 bridgehead atoms. The van der Waals surface area contributed by atoms with Gasteiger partial charge in [-0.1, -0.05) is 34.1 Å². The predicted molar refractivity (Wildman–Crippen MR) is 134 cm³/mol. The number of aryl methyl sites for hydroxylation is 2. The molecule has 7 heteroatoms. The van der Waals surface area contributed by atoms with E-state index in [4.69, 9.17) is 4.42 Å². The monoisotopic (exact) mass is 522 g/mol. The molecule has 2 heterocycles. The Morgan fingerprint density at radius 2 is 1.76 bits per heavy atom. The van der Waals surface area contributed by atoms with Crippen molar-refractivity contribution in [2.75, 3.05) is 13.1 Å². The second kappa shape index (κ2) is 9.99. The Kier molecular flexibility index (Phi) is 7.05. The number of hydrogen-bond donors (Lipinski definition) is 2. The van der Waals surface area contributed by atoms with E-state index in [0.717, 1.165) is 21.2 Å². The van der Waals surface area contributed by atoms with E-state index < -0.39 is 5.60 Å². The molecule has 34 heavy (non-hydrogen) atoms. The zero-order valence-electron chi connectivity index (χ0n) is 19.2. The average molecular weight is 523 g/mol. The number of rotatable bonds is 5. The number of aliphatic hydroxyl groups is 1. The van der Waals surface area contributed by atoms with Crippen LogP contribution in [-0.2, 0) is 10.4 Å². The third-order valence-corrected chi connectivity index (χ3v) is 6.87. The van der Waals surface area contributed by atoms with Gasteiger partial charge in [-0.05, 0) is 79.8 Å². The summed E-state index contributed by atoms with van der Waals surface area (Å²) in [7, 11) is 0. The standard InChI is InChI=1S/C27H27BrN2O4/c1-18-5-6-20(16-19(18)2)25(31)29-24(17-23-4-3-15-34-23)26(32)30-13-11-27(33,12-14-30)21-7-9-22(28)10-8-21/h3-10,15-17,33H,11-14H2,1-2H3,(H,29,31). The summed E-state index contributed by atoms with van der Waals surface area (Å²) >= 11 is 3.42. The Balaban J connectivity index is 1.52. The van der Waals surface area contributed by atoms with Crippen LogP contribution >= 0.6 is 15.9 Å². The number of furan rings is 1. The molecule has 176 valence electrons. The van der Waals surface area contributed by atoms with Crippen LogP contribution in [0.2, 0.25) is 0 Å². The highest BCUT2D eigenvalue weighted by Crippen LogP contribution is 2.33. The lowest BCUT2D eigenvalue weighted by Gasteiger charge is -2.38. The van der Waals surface area contributed by atoms with E-state index in [1.807, 2.05) is 44.2 Å². The highest BCUT2D eigenvalue weighted by molar-refractivity contribution is 9.10. The van der Waals surface area contributed by atoms with Gasteiger partial charge < -0.3 is 19.7 Å². The second-order valence-corrected chi connectivity index (χ2v) is 9.57. The third-order valence-electron chi connectivity index (χ3n) is 6.34. The van der Waals surface area contributed by atoms with Gasteiger partial charge in [-0.25, -0.2) is 0 Å². The zero-order valence-corrected chi connectivity index (χ0v) is 20.8. The summed E-state index contributed by atoms with van der Waals surface area (Å²) in [6.45, 7) is 4.65. The summed E-state index contributed by atoms with van der Waals surface area (Å²) in [5.74, 6) is -0.212. The van der Waals surface area contributed by atoms with Gasteiger partial charge in [-0.2, -0.15) is 0 Å². The van der Waals surface area contributed by atoms with Crippen LogP contribution in [-0.4, -0.2) is 34.9 Å². The molecule has 0 spiro atoms. The summed E-state index contributed by atoms with van der Waals surface area (Å²) in [6, 6.07) is 16.5. The Morgan fingerprint density at radius 1 is 1.06 bits per heavy atom. The fraction of sp³-hybridized carbons (Fsp3) is 0.259. The van der Waals surface area contributed by atoms with Gasteiger partial charge in [0.05, 0.1) is 11.9 Å². The molecule has 3 aromatic rings. The molecule has 1 aliphatic heterocycles. The van der Waals surface area contributed by atoms with E-state index >= 15 is 0 Å². The zero-order chi connectivity index (χ0) is 24.3. The van der Waals surface area contributed by atoms with E-state index in [-0.39, 0.29) is 17.5 Å². The van der Waals surface area contributed by atoms with Crippen molar-refractivity contribution in [2.24, 2.45) is 0 Å². The first-order valence-corrected chi connectivity index (χ1v) is 12.0. The molecule has 0 radical (unpaired) electrons. The van der Waals surface area contributed by atoms with E-state index in [2.05, 4.69) is 21.2 Å². The molecule has 2 N–H and O–H groups in total. The maximum Gasteiger partial charge on any atom is 0.270 e. The Bertz CT molecular complexity index is 1210. The highest BCUT2D eigenvalue weighted by Gasteiger charge is 2.36. The Hall–Kier alpha value is -3.16. The predicted octanol–water partition coefficient (Wildman–Crippen LogP) is 4.94. The lowest BCUT2D eigenvalue weighted by molar-refractivity contribution is -0.131. The molecule has 2 amide bonds. The van der Waals surface area contributed by atoms with Crippen molar-refractivity contribution in [3.8, 4) is 0 Å². The van der Waals surface area contributed by atoms with E-state index in [1.165, 1.54) is 12.3 Å². The molecule has 6 nitrogen and oxygen atoms in total. The summed E-state index contributed by atoms with van der Waals surface area (Å²) < 4.78 is 6.33. The maximum absolute atomic E-state index is 13.4. The van der Waals surface area contributed by atoms with Crippen LogP contribution in [0.5, 0.6) is 0 Å². The summed E-state index contributed by atoms with van der Waals surface area (Å²) in [5.41, 5.74) is 2.53. The van der Waals surface area contributed by atoms with E-state index in [1.54, 1.807) is 29.2 Å². The van der Waals surface area contributed by atoms with Gasteiger partial charge in [-0.15, -0.1) is 0 Å². The van der Waals surface area contributed by atoms with Gasteiger partial charge in [0.25, 0.3) is 11.8 Å². The van der Waals surface area contributed by atoms with Crippen molar-refractivity contribution in [1.82, 2.24) is 10.2 Å². The van der Waals surface area contributed by atoms with Gasteiger partial charge in [0, 0.05) is 29.2 Å². The van der Waals surface area contributed by atoms with Gasteiger partial charge >= 0.3 is 0 Å². The lowest BCUT2D eigenvalue weighted by atomic mass is 9.84. The van der Waals surface area contributed by atoms with Crippen LogP contribution in [0.1, 0.15) is 45.7 Å². The highest BCUT2D eigenvalue weighted by atomic mass is 79.9. The number of hydrogen-bond acceptors (Lipinski definition) is 4. The normalized spacial score (nSPS) is 15.8. The topological polar surface area (TPSA) is 82.8 Å². The Labute approximate surface area is 207 Å². The van der Waals surface area contributed by atoms with Crippen molar-refractivity contribution in [3.63, 3.8) is 0 Å². The minimum atomic E-state index is -0.995. The fourth-order valence-corrected chi connectivity index (χ4v) is 4.31. The molecule has 2 aromatic carbocycles. The van der Waals surface area contributed by atoms with Gasteiger partial charge in [0.1, 0.15) is 11.5 Å². The molecule has 0 aliphatic carbocycles. The molecule has 0 unspecified atom stereocenters. The van der Waals surface area contributed by atoms with Crippen molar-refractivity contribution in [3.05, 3.63) is 99.0 Å². The minimum absolute atomic E-state index is 0.132. The van der Waals surface area contributed by atoms with Crippen LogP contribution < -0.4 is 5.32 Å². The number of halogens is 1. The third kappa shape index (κ3) is 5.32. The molecular formula is C27H27BrN2O4. The number of nitrogens with zero attached hydrogens (tertiary/aromatic N) is 1. The van der Waals surface area contributed by atoms with Crippen molar-refractivity contribution < 1.29 is 19.1 Å². The second-order valence-electron chi connectivity index (χ2n) is 8.66. The van der Waals surface area contributed by atoms with Gasteiger partial charge in [-0.3, -0.25) is 9.59 Å². The SMILES string of the molecule is Cc1ccc(C(=O)NC(=Cc2ccco2)C(=O)N2CCC(O)(c3ccc(Br)cc3)CC2)cc1C. The van der Waals surface area contributed by atoms with Crippen LogP contribution in [0.4, 0.5) is 0 Å². The molecule has 0 atom stereocenters. The number of nitrogens with one attached hydrogen (secondary N) is 1. The quantitative estimate of drug-likeness (QED) is 0.465. The molecule has 4 rings (SSSR count). The summed E-state index contributed by atoms with van der Waals surface area (Å²) in [6.07, 6.45) is 3.86. The number of piperidine rings is 1. The molecule has 1 aliphatic rings. The summed E-state index contributed by atoms with van der Waals surface area (Å²) in [4.78, 5) is 28.0. The lowest BCUT2D eigenvalue weighted by Crippen LogP contribution is -2.47. The maximum atomic E-state index is 13.4. The fourth-order valence-electron chi connectivity index (χ4n) is 4.04. The first kappa shape index (κ1) is 24.0. The number of carbonyl (C=O) groups excluding carboxylic acids is 2. The smallest absolute Gasteiger partial charge is 0.270 e. The van der Waals surface area contributed by atoms with Crippen molar-refractivity contribution >= 4 is 33.8 Å². The van der Waals surface area contributed by atoms with Gasteiger partial charge in [0.15, 0.2) is 0 Å². The molecule has 1 aromatic heterocycles. The van der Waals surface area contributed by atoms with Crippen LogP contribution in [0.15, 0.2) is 75.4 Å². The molecule has 0 saturated carbocycles. The molecule has 1 fully saturated rings. The van der Waals surface area contributed by atoms with E-state index in [0.29, 0.717) is 37.3 Å². The molecule has 1 saturated heterocycles. The van der Waals surface area contributed by atoms with Crippen LogP contribution in [0, 0.1) is 13.8 Å². The van der Waals surface area contributed by atoms with E-state index in [9.17, 15) is 14.7 Å². The van der Waals surface area contributed by atoms with Crippen LogP contribution in [0.3, 0.4) is 0 Å². The number of likely N-dealkylation sites (tertiary alicyclic amines) is 1. The first-order valence-electron chi connectivity index (χ1n) is 11.2. The minimum Gasteiger partial charge on any atom is -0.465 e. The van der Waals surface area contributed by atoms with Crippen molar-refractivity contribution in [2.45, 2.75) is 32.3 Å².